The number of hydrogen-bond donors (Lipinski definition) is 2. The van der Waals surface area contributed by atoms with Crippen LogP contribution in [0.2, 0.25) is 5.02 Å². The molecule has 0 aliphatic carbocycles. The van der Waals surface area contributed by atoms with E-state index in [0.717, 1.165) is 10.2 Å². The molecule has 2 amide bonds. The number of carbonyl (C=O) groups is 2. The van der Waals surface area contributed by atoms with Crippen molar-refractivity contribution in [1.29, 1.82) is 0 Å². The number of amides is 2. The summed E-state index contributed by atoms with van der Waals surface area (Å²) in [5, 5.41) is 10.6. The lowest BCUT2D eigenvalue weighted by Gasteiger charge is -2.13. The molecule has 0 aliphatic rings. The van der Waals surface area contributed by atoms with Gasteiger partial charge in [-0.05, 0) is 57.5 Å². The Labute approximate surface area is 211 Å². The van der Waals surface area contributed by atoms with Crippen LogP contribution in [0.15, 0.2) is 52.1 Å². The number of aromatic nitrogens is 4. The second kappa shape index (κ2) is 9.98. The van der Waals surface area contributed by atoms with E-state index in [9.17, 15) is 19.2 Å². The fraction of sp³-hybridized carbons (Fsp3) is 0.320. The van der Waals surface area contributed by atoms with Gasteiger partial charge in [0.25, 0.3) is 11.5 Å². The molecule has 36 heavy (non-hydrogen) atoms. The molecule has 0 bridgehead atoms. The lowest BCUT2D eigenvalue weighted by Crippen LogP contribution is -2.33. The van der Waals surface area contributed by atoms with Crippen LogP contribution < -0.4 is 21.9 Å². The predicted octanol–water partition coefficient (Wildman–Crippen LogP) is 2.50. The van der Waals surface area contributed by atoms with Gasteiger partial charge in [0.15, 0.2) is 0 Å². The van der Waals surface area contributed by atoms with Gasteiger partial charge in [-0.15, -0.1) is 5.10 Å². The van der Waals surface area contributed by atoms with Crippen molar-refractivity contribution in [1.82, 2.24) is 29.4 Å². The number of nitrogens with zero attached hydrogens (tertiary/aromatic N) is 4. The van der Waals surface area contributed by atoms with Crippen molar-refractivity contribution in [2.45, 2.75) is 52.9 Å². The number of hydrogen-bond acceptors (Lipinski definition) is 5. The van der Waals surface area contributed by atoms with Crippen molar-refractivity contribution < 1.29 is 9.59 Å². The molecule has 4 rings (SSSR count). The number of benzene rings is 2. The molecule has 10 nitrogen and oxygen atoms in total. The summed E-state index contributed by atoms with van der Waals surface area (Å²) in [4.78, 5) is 51.9. The molecule has 2 heterocycles. The zero-order chi connectivity index (χ0) is 26.1. The number of carbonyl (C=O) groups excluding carboxylic acids is 2. The lowest BCUT2D eigenvalue weighted by atomic mass is 10.1. The second-order valence-electron chi connectivity index (χ2n) is 9.07. The van der Waals surface area contributed by atoms with Crippen molar-refractivity contribution in [2.75, 3.05) is 0 Å². The van der Waals surface area contributed by atoms with E-state index in [1.54, 1.807) is 38.1 Å². The first-order valence-corrected chi connectivity index (χ1v) is 11.9. The van der Waals surface area contributed by atoms with Crippen molar-refractivity contribution in [3.05, 3.63) is 79.5 Å². The Morgan fingerprint density at radius 1 is 1.06 bits per heavy atom. The van der Waals surface area contributed by atoms with E-state index in [-0.39, 0.29) is 53.3 Å². The highest BCUT2D eigenvalue weighted by Gasteiger charge is 2.21. The van der Waals surface area contributed by atoms with Crippen LogP contribution in [0.25, 0.3) is 16.7 Å². The monoisotopic (exact) mass is 510 g/mol. The van der Waals surface area contributed by atoms with Crippen LogP contribution in [0.5, 0.6) is 0 Å². The highest BCUT2D eigenvalue weighted by Crippen LogP contribution is 2.17. The molecular weight excluding hydrogens is 484 g/mol. The Hall–Kier alpha value is -3.92. The van der Waals surface area contributed by atoms with Crippen LogP contribution in [0, 0.1) is 0 Å². The molecule has 0 aliphatic heterocycles. The Morgan fingerprint density at radius 2 is 1.78 bits per heavy atom. The molecule has 11 heteroatoms. The average Bonchev–Trinajstić information content (AvgIpc) is 3.13. The molecule has 0 fully saturated rings. The first-order chi connectivity index (χ1) is 17.1. The maximum absolute atomic E-state index is 13.4. The van der Waals surface area contributed by atoms with Gasteiger partial charge >= 0.3 is 5.69 Å². The van der Waals surface area contributed by atoms with Gasteiger partial charge in [-0.25, -0.2) is 13.9 Å². The highest BCUT2D eigenvalue weighted by atomic mass is 35.5. The maximum Gasteiger partial charge on any atom is 0.352 e. The van der Waals surface area contributed by atoms with Gasteiger partial charge in [-0.3, -0.25) is 19.0 Å². The van der Waals surface area contributed by atoms with Gasteiger partial charge < -0.3 is 10.6 Å². The standard InChI is InChI=1S/C25H27ClN6O4/c1-14(2)28-22(34)16-9-10-18-20(11-16)32-24(31(15(3)4)23(18)35)29-30(25(32)36)13-21(33)27-12-17-7-5-6-8-19(17)26/h5-11,14-15H,12-13H2,1-4H3,(H,27,33)(H,28,34). The molecule has 2 aromatic heterocycles. The quantitative estimate of drug-likeness (QED) is 0.396. The summed E-state index contributed by atoms with van der Waals surface area (Å²) in [6.45, 7) is 7.11. The molecule has 0 spiro atoms. The molecule has 0 saturated heterocycles. The summed E-state index contributed by atoms with van der Waals surface area (Å²) in [6.07, 6.45) is 0. The van der Waals surface area contributed by atoms with E-state index in [2.05, 4.69) is 15.7 Å². The molecule has 2 aromatic carbocycles. The minimum atomic E-state index is -0.598. The number of halogens is 1. The van der Waals surface area contributed by atoms with E-state index in [0.29, 0.717) is 10.6 Å². The molecular formula is C25H27ClN6O4. The number of nitrogens with one attached hydrogen (secondary N) is 2. The van der Waals surface area contributed by atoms with E-state index >= 15 is 0 Å². The molecule has 0 saturated carbocycles. The third kappa shape index (κ3) is 4.76. The molecule has 0 unspecified atom stereocenters. The first kappa shape index (κ1) is 25.2. The zero-order valence-electron chi connectivity index (χ0n) is 20.4. The van der Waals surface area contributed by atoms with Crippen LogP contribution in [0.4, 0.5) is 0 Å². The Bertz CT molecular complexity index is 1600. The van der Waals surface area contributed by atoms with Gasteiger partial charge in [0.05, 0.1) is 10.9 Å². The summed E-state index contributed by atoms with van der Waals surface area (Å²) in [5.41, 5.74) is 0.344. The van der Waals surface area contributed by atoms with E-state index in [1.807, 2.05) is 19.9 Å². The summed E-state index contributed by atoms with van der Waals surface area (Å²) < 4.78 is 3.68. The summed E-state index contributed by atoms with van der Waals surface area (Å²) >= 11 is 6.14. The maximum atomic E-state index is 13.4. The van der Waals surface area contributed by atoms with Crippen molar-refractivity contribution in [3.63, 3.8) is 0 Å². The van der Waals surface area contributed by atoms with Crippen molar-refractivity contribution >= 4 is 40.1 Å². The zero-order valence-corrected chi connectivity index (χ0v) is 21.2. The largest absolute Gasteiger partial charge is 0.352 e. The number of fused-ring (bicyclic) bond motifs is 3. The fourth-order valence-corrected chi connectivity index (χ4v) is 4.17. The highest BCUT2D eigenvalue weighted by molar-refractivity contribution is 6.31. The van der Waals surface area contributed by atoms with Gasteiger partial charge in [0, 0.05) is 29.2 Å². The smallest absolute Gasteiger partial charge is 0.350 e. The van der Waals surface area contributed by atoms with Crippen LogP contribution in [0.3, 0.4) is 0 Å². The van der Waals surface area contributed by atoms with Gasteiger partial charge in [0.2, 0.25) is 11.7 Å². The summed E-state index contributed by atoms with van der Waals surface area (Å²) in [5.74, 6) is -0.680. The molecule has 0 radical (unpaired) electrons. The van der Waals surface area contributed by atoms with Gasteiger partial charge in [0.1, 0.15) is 6.54 Å². The lowest BCUT2D eigenvalue weighted by molar-refractivity contribution is -0.122. The van der Waals surface area contributed by atoms with Gasteiger partial charge in [-0.1, -0.05) is 29.8 Å². The molecule has 2 N–H and O–H groups in total. The fourth-order valence-electron chi connectivity index (χ4n) is 3.96. The summed E-state index contributed by atoms with van der Waals surface area (Å²) in [6, 6.07) is 11.3. The van der Waals surface area contributed by atoms with Crippen LogP contribution in [-0.2, 0) is 17.9 Å². The van der Waals surface area contributed by atoms with Crippen LogP contribution >= 0.6 is 11.6 Å². The number of rotatable bonds is 7. The second-order valence-corrected chi connectivity index (χ2v) is 9.48. The van der Waals surface area contributed by atoms with E-state index in [1.165, 1.54) is 21.1 Å². The van der Waals surface area contributed by atoms with Crippen LogP contribution in [-0.4, -0.2) is 36.6 Å². The normalized spacial score (nSPS) is 11.5. The average molecular weight is 511 g/mol. The Kier molecular flexibility index (Phi) is 6.98. The Morgan fingerprint density at radius 3 is 2.44 bits per heavy atom. The molecule has 0 atom stereocenters. The van der Waals surface area contributed by atoms with E-state index < -0.39 is 11.6 Å². The molecule has 188 valence electrons. The topological polar surface area (TPSA) is 120 Å². The van der Waals surface area contributed by atoms with Gasteiger partial charge in [-0.2, -0.15) is 0 Å². The SMILES string of the molecule is CC(C)NC(=O)c1ccc2c(=O)n(C(C)C)c3nn(CC(=O)NCc4ccccc4Cl)c(=O)n3c2c1. The molecule has 4 aromatic rings. The minimum Gasteiger partial charge on any atom is -0.350 e. The summed E-state index contributed by atoms with van der Waals surface area (Å²) in [7, 11) is 0. The predicted molar refractivity (Wildman–Crippen MR) is 138 cm³/mol. The third-order valence-electron chi connectivity index (χ3n) is 5.65. The van der Waals surface area contributed by atoms with Crippen molar-refractivity contribution in [3.8, 4) is 0 Å². The van der Waals surface area contributed by atoms with Crippen LogP contribution in [0.1, 0.15) is 49.7 Å². The Balaban J connectivity index is 1.78. The first-order valence-electron chi connectivity index (χ1n) is 11.6. The third-order valence-corrected chi connectivity index (χ3v) is 6.02. The van der Waals surface area contributed by atoms with E-state index in [4.69, 9.17) is 11.6 Å². The minimum absolute atomic E-state index is 0.0862. The van der Waals surface area contributed by atoms with Crippen molar-refractivity contribution in [2.24, 2.45) is 0 Å².